The standard InChI is InChI=1S/C17H22N4O2/c1-11-4-5-15(19)16(6-11)20-8-14(7-18)17(22)21-9-12(2)23-13(3)10-21/h4-6,8,12-13,20H,9-10,19H2,1-3H3/b14-8-. The zero-order chi connectivity index (χ0) is 17.0. The third-order valence-electron chi connectivity index (χ3n) is 3.64. The number of carbonyl (C=O) groups is 1. The fourth-order valence-electron chi connectivity index (χ4n) is 2.60. The molecule has 3 N–H and O–H groups in total. The molecule has 0 aliphatic carbocycles. The van der Waals surface area contributed by atoms with Gasteiger partial charge in [0.2, 0.25) is 0 Å². The van der Waals surface area contributed by atoms with Crippen LogP contribution in [0.1, 0.15) is 19.4 Å². The van der Waals surface area contributed by atoms with Crippen molar-refractivity contribution >= 4 is 17.3 Å². The Balaban J connectivity index is 2.14. The van der Waals surface area contributed by atoms with Gasteiger partial charge in [0.1, 0.15) is 11.6 Å². The Bertz CT molecular complexity index is 653. The van der Waals surface area contributed by atoms with Gasteiger partial charge in [0, 0.05) is 19.3 Å². The van der Waals surface area contributed by atoms with E-state index in [9.17, 15) is 10.1 Å². The molecule has 2 rings (SSSR count). The highest BCUT2D eigenvalue weighted by atomic mass is 16.5. The van der Waals surface area contributed by atoms with Crippen molar-refractivity contribution in [2.45, 2.75) is 33.0 Å². The molecule has 1 amide bonds. The summed E-state index contributed by atoms with van der Waals surface area (Å²) in [5.74, 6) is -0.298. The minimum absolute atomic E-state index is 0.0389. The lowest BCUT2D eigenvalue weighted by Crippen LogP contribution is -2.48. The average Bonchev–Trinajstić information content (AvgIpc) is 2.50. The lowest BCUT2D eigenvalue weighted by Gasteiger charge is -2.35. The number of benzene rings is 1. The topological polar surface area (TPSA) is 91.4 Å². The van der Waals surface area contributed by atoms with Crippen molar-refractivity contribution in [2.75, 3.05) is 24.1 Å². The molecule has 1 saturated heterocycles. The van der Waals surface area contributed by atoms with Crippen molar-refractivity contribution in [3.8, 4) is 6.07 Å². The number of hydrogen-bond acceptors (Lipinski definition) is 5. The van der Waals surface area contributed by atoms with Crippen LogP contribution in [0.4, 0.5) is 11.4 Å². The van der Waals surface area contributed by atoms with Gasteiger partial charge in [-0.1, -0.05) is 6.07 Å². The monoisotopic (exact) mass is 314 g/mol. The molecule has 1 aromatic rings. The van der Waals surface area contributed by atoms with E-state index in [0.717, 1.165) is 5.56 Å². The number of ether oxygens (including phenoxy) is 1. The lowest BCUT2D eigenvalue weighted by atomic mass is 10.1. The maximum Gasteiger partial charge on any atom is 0.266 e. The smallest absolute Gasteiger partial charge is 0.266 e. The molecule has 1 aliphatic rings. The quantitative estimate of drug-likeness (QED) is 0.506. The maximum absolute atomic E-state index is 12.5. The first-order valence-corrected chi connectivity index (χ1v) is 7.58. The van der Waals surface area contributed by atoms with Crippen molar-refractivity contribution < 1.29 is 9.53 Å². The van der Waals surface area contributed by atoms with Crippen LogP contribution >= 0.6 is 0 Å². The maximum atomic E-state index is 12.5. The first-order chi connectivity index (χ1) is 10.9. The Morgan fingerprint density at radius 1 is 1.43 bits per heavy atom. The summed E-state index contributed by atoms with van der Waals surface area (Å²) in [5.41, 5.74) is 8.21. The van der Waals surface area contributed by atoms with Crippen LogP contribution in [0.15, 0.2) is 30.0 Å². The number of nitrogens with two attached hydrogens (primary N) is 1. The molecule has 0 bridgehead atoms. The summed E-state index contributed by atoms with van der Waals surface area (Å²) in [7, 11) is 0. The number of nitrogens with one attached hydrogen (secondary N) is 1. The van der Waals surface area contributed by atoms with Gasteiger partial charge in [-0.05, 0) is 38.5 Å². The fourth-order valence-corrected chi connectivity index (χ4v) is 2.60. The van der Waals surface area contributed by atoms with Crippen LogP contribution in [-0.2, 0) is 9.53 Å². The number of anilines is 2. The van der Waals surface area contributed by atoms with Gasteiger partial charge < -0.3 is 20.7 Å². The third-order valence-corrected chi connectivity index (χ3v) is 3.64. The summed E-state index contributed by atoms with van der Waals surface area (Å²) in [4.78, 5) is 14.1. The summed E-state index contributed by atoms with van der Waals surface area (Å²) in [5, 5.41) is 12.3. The molecule has 2 unspecified atom stereocenters. The first-order valence-electron chi connectivity index (χ1n) is 7.58. The van der Waals surface area contributed by atoms with Crippen LogP contribution in [0.5, 0.6) is 0 Å². The molecular weight excluding hydrogens is 292 g/mol. The van der Waals surface area contributed by atoms with Crippen LogP contribution in [-0.4, -0.2) is 36.1 Å². The van der Waals surface area contributed by atoms with E-state index in [1.165, 1.54) is 6.20 Å². The van der Waals surface area contributed by atoms with E-state index in [0.29, 0.717) is 24.5 Å². The second-order valence-corrected chi connectivity index (χ2v) is 5.87. The van der Waals surface area contributed by atoms with Crippen LogP contribution < -0.4 is 11.1 Å². The number of aryl methyl sites for hydroxylation is 1. The highest BCUT2D eigenvalue weighted by molar-refractivity contribution is 5.97. The Hall–Kier alpha value is -2.52. The van der Waals surface area contributed by atoms with E-state index in [1.54, 1.807) is 11.0 Å². The molecule has 0 radical (unpaired) electrons. The number of nitrogen functional groups attached to an aromatic ring is 1. The highest BCUT2D eigenvalue weighted by Gasteiger charge is 2.27. The van der Waals surface area contributed by atoms with E-state index in [1.807, 2.05) is 39.0 Å². The Morgan fingerprint density at radius 3 is 2.70 bits per heavy atom. The molecule has 1 aromatic carbocycles. The Kier molecular flexibility index (Phi) is 5.24. The molecule has 2 atom stereocenters. The van der Waals surface area contributed by atoms with Crippen LogP contribution in [0.2, 0.25) is 0 Å². The van der Waals surface area contributed by atoms with Gasteiger partial charge in [-0.15, -0.1) is 0 Å². The van der Waals surface area contributed by atoms with Gasteiger partial charge in [-0.3, -0.25) is 4.79 Å². The highest BCUT2D eigenvalue weighted by Crippen LogP contribution is 2.20. The predicted octanol–water partition coefficient (Wildman–Crippen LogP) is 2.03. The lowest BCUT2D eigenvalue weighted by molar-refractivity contribution is -0.138. The molecule has 0 aromatic heterocycles. The van der Waals surface area contributed by atoms with Gasteiger partial charge >= 0.3 is 0 Å². The van der Waals surface area contributed by atoms with E-state index in [2.05, 4.69) is 5.32 Å². The van der Waals surface area contributed by atoms with Crippen molar-refractivity contribution in [2.24, 2.45) is 0 Å². The summed E-state index contributed by atoms with van der Waals surface area (Å²) in [6.45, 7) is 6.74. The van der Waals surface area contributed by atoms with E-state index >= 15 is 0 Å². The molecule has 122 valence electrons. The fraction of sp³-hybridized carbons (Fsp3) is 0.412. The van der Waals surface area contributed by atoms with Crippen molar-refractivity contribution in [1.29, 1.82) is 5.26 Å². The molecule has 1 aliphatic heterocycles. The molecule has 1 heterocycles. The number of amides is 1. The molecule has 1 fully saturated rings. The van der Waals surface area contributed by atoms with E-state index in [-0.39, 0.29) is 23.7 Å². The van der Waals surface area contributed by atoms with Gasteiger partial charge in [-0.2, -0.15) is 5.26 Å². The second kappa shape index (κ2) is 7.16. The zero-order valence-corrected chi connectivity index (χ0v) is 13.7. The third kappa shape index (κ3) is 4.24. The molecule has 0 saturated carbocycles. The van der Waals surface area contributed by atoms with Crippen molar-refractivity contribution in [3.63, 3.8) is 0 Å². The van der Waals surface area contributed by atoms with Crippen LogP contribution in [0.3, 0.4) is 0 Å². The average molecular weight is 314 g/mol. The minimum Gasteiger partial charge on any atom is -0.397 e. The SMILES string of the molecule is Cc1ccc(N)c(N/C=C(/C#N)C(=O)N2CC(C)OC(C)C2)c1. The Labute approximate surface area is 136 Å². The number of morpholine rings is 1. The summed E-state index contributed by atoms with van der Waals surface area (Å²) in [6.07, 6.45) is 1.34. The number of rotatable bonds is 3. The molecule has 0 spiro atoms. The molecule has 23 heavy (non-hydrogen) atoms. The molecule has 6 nitrogen and oxygen atoms in total. The Morgan fingerprint density at radius 2 is 2.09 bits per heavy atom. The van der Waals surface area contributed by atoms with Crippen molar-refractivity contribution in [3.05, 3.63) is 35.5 Å². The minimum atomic E-state index is -0.298. The zero-order valence-electron chi connectivity index (χ0n) is 13.7. The molecular formula is C17H22N4O2. The number of nitriles is 1. The first kappa shape index (κ1) is 16.8. The van der Waals surface area contributed by atoms with E-state index in [4.69, 9.17) is 10.5 Å². The number of hydrogen-bond donors (Lipinski definition) is 2. The van der Waals surface area contributed by atoms with Gasteiger partial charge in [0.05, 0.1) is 23.6 Å². The van der Waals surface area contributed by atoms with Crippen LogP contribution in [0.25, 0.3) is 0 Å². The summed E-state index contributed by atoms with van der Waals surface area (Å²) in [6, 6.07) is 7.51. The van der Waals surface area contributed by atoms with E-state index < -0.39 is 0 Å². The summed E-state index contributed by atoms with van der Waals surface area (Å²) < 4.78 is 5.61. The normalized spacial score (nSPS) is 21.7. The van der Waals surface area contributed by atoms with Gasteiger partial charge in [-0.25, -0.2) is 0 Å². The number of nitrogens with zero attached hydrogens (tertiary/aromatic N) is 2. The van der Waals surface area contributed by atoms with Crippen molar-refractivity contribution in [1.82, 2.24) is 4.90 Å². The molecule has 6 heteroatoms. The second-order valence-electron chi connectivity index (χ2n) is 5.87. The number of carbonyl (C=O) groups excluding carboxylic acids is 1. The predicted molar refractivity (Wildman–Crippen MR) is 89.5 cm³/mol. The summed E-state index contributed by atoms with van der Waals surface area (Å²) >= 11 is 0. The largest absolute Gasteiger partial charge is 0.397 e. The van der Waals surface area contributed by atoms with Gasteiger partial charge in [0.25, 0.3) is 5.91 Å². The van der Waals surface area contributed by atoms with Gasteiger partial charge in [0.15, 0.2) is 0 Å². The van der Waals surface area contributed by atoms with Crippen LogP contribution in [0, 0.1) is 18.3 Å².